The Kier molecular flexibility index (Phi) is 5.32. The number of fused-ring (bicyclic) bond motifs is 2. The Balaban J connectivity index is 1.61. The van der Waals surface area contributed by atoms with Crippen molar-refractivity contribution in [3.05, 3.63) is 78.0 Å². The summed E-state index contributed by atoms with van der Waals surface area (Å²) < 4.78 is 5.48. The fraction of sp³-hybridized carbons (Fsp3) is 0.222. The molecule has 4 aromatic rings. The van der Waals surface area contributed by atoms with E-state index < -0.39 is 17.6 Å². The molecule has 0 spiro atoms. The van der Waals surface area contributed by atoms with Crippen LogP contribution in [0.3, 0.4) is 0 Å². The van der Waals surface area contributed by atoms with Crippen LogP contribution >= 0.6 is 0 Å². The lowest BCUT2D eigenvalue weighted by Crippen LogP contribution is -2.44. The van der Waals surface area contributed by atoms with Gasteiger partial charge >= 0.3 is 6.09 Å². The van der Waals surface area contributed by atoms with E-state index in [0.29, 0.717) is 29.1 Å². The standard InChI is InChI=1S/C27H26N4O3/c1-27(2,3)34-26(33)31-16-15-20-22(25(31)32)24(28-18-10-5-4-6-11-18)23(30-20)21-14-13-17-9-7-8-12-19(17)29-21/h4-14,28,30H,15-16H2,1-3H3. The predicted molar refractivity (Wildman–Crippen MR) is 132 cm³/mol. The molecule has 7 nitrogen and oxygen atoms in total. The number of carbonyl (C=O) groups excluding carboxylic acids is 2. The first-order valence-corrected chi connectivity index (χ1v) is 11.3. The second-order valence-electron chi connectivity index (χ2n) is 9.30. The SMILES string of the molecule is CC(C)(C)OC(=O)N1CCc2[nH]c(-c3ccc4ccccc4n3)c(Nc3ccccc3)c2C1=O. The number of aromatic amines is 1. The van der Waals surface area contributed by atoms with Crippen molar-refractivity contribution in [1.82, 2.24) is 14.9 Å². The molecule has 172 valence electrons. The molecule has 0 unspecified atom stereocenters. The molecule has 3 heterocycles. The fourth-order valence-electron chi connectivity index (χ4n) is 4.11. The Bertz CT molecular complexity index is 1390. The fourth-order valence-corrected chi connectivity index (χ4v) is 4.11. The van der Waals surface area contributed by atoms with E-state index in [-0.39, 0.29) is 6.54 Å². The van der Waals surface area contributed by atoms with E-state index in [2.05, 4.69) is 10.3 Å². The molecule has 2 amide bonds. The topological polar surface area (TPSA) is 87.3 Å². The highest BCUT2D eigenvalue weighted by Gasteiger charge is 2.37. The van der Waals surface area contributed by atoms with Crippen molar-refractivity contribution in [3.63, 3.8) is 0 Å². The van der Waals surface area contributed by atoms with Crippen LogP contribution in [0.15, 0.2) is 66.7 Å². The summed E-state index contributed by atoms with van der Waals surface area (Å²) in [4.78, 5) is 35.7. The average molecular weight is 455 g/mol. The number of amides is 2. The number of anilines is 2. The van der Waals surface area contributed by atoms with E-state index in [4.69, 9.17) is 9.72 Å². The van der Waals surface area contributed by atoms with Gasteiger partial charge in [-0.1, -0.05) is 42.5 Å². The van der Waals surface area contributed by atoms with Gasteiger partial charge in [-0.05, 0) is 45.0 Å². The molecule has 7 heteroatoms. The minimum Gasteiger partial charge on any atom is -0.443 e. The van der Waals surface area contributed by atoms with E-state index in [1.165, 1.54) is 4.90 Å². The van der Waals surface area contributed by atoms with Gasteiger partial charge in [0.05, 0.1) is 28.2 Å². The molecule has 1 aliphatic rings. The molecule has 0 saturated heterocycles. The minimum atomic E-state index is -0.693. The Morgan fingerprint density at radius 2 is 1.76 bits per heavy atom. The molecule has 2 aromatic carbocycles. The van der Waals surface area contributed by atoms with Gasteiger partial charge in [-0.3, -0.25) is 4.79 Å². The van der Waals surface area contributed by atoms with Crippen molar-refractivity contribution in [2.75, 3.05) is 11.9 Å². The molecular weight excluding hydrogens is 428 g/mol. The van der Waals surface area contributed by atoms with Gasteiger partial charge in [0.25, 0.3) is 5.91 Å². The quantitative estimate of drug-likeness (QED) is 0.402. The third kappa shape index (κ3) is 4.12. The van der Waals surface area contributed by atoms with Gasteiger partial charge in [-0.25, -0.2) is 14.7 Å². The summed E-state index contributed by atoms with van der Waals surface area (Å²) in [5.74, 6) is -0.391. The highest BCUT2D eigenvalue weighted by Crippen LogP contribution is 2.38. The summed E-state index contributed by atoms with van der Waals surface area (Å²) >= 11 is 0. The van der Waals surface area contributed by atoms with Crippen molar-refractivity contribution < 1.29 is 14.3 Å². The van der Waals surface area contributed by atoms with Gasteiger partial charge < -0.3 is 15.0 Å². The lowest BCUT2D eigenvalue weighted by Gasteiger charge is -2.29. The lowest BCUT2D eigenvalue weighted by atomic mass is 10.0. The third-order valence-electron chi connectivity index (χ3n) is 5.63. The Morgan fingerprint density at radius 1 is 1.03 bits per heavy atom. The summed E-state index contributed by atoms with van der Waals surface area (Å²) in [6.45, 7) is 5.60. The number of rotatable bonds is 3. The first kappa shape index (κ1) is 21.7. The highest BCUT2D eigenvalue weighted by molar-refractivity contribution is 6.11. The van der Waals surface area contributed by atoms with E-state index >= 15 is 0 Å². The number of hydrogen-bond acceptors (Lipinski definition) is 5. The average Bonchev–Trinajstić information content (AvgIpc) is 3.17. The lowest BCUT2D eigenvalue weighted by molar-refractivity contribution is 0.0233. The van der Waals surface area contributed by atoms with Crippen molar-refractivity contribution >= 4 is 34.3 Å². The predicted octanol–water partition coefficient (Wildman–Crippen LogP) is 5.91. The third-order valence-corrected chi connectivity index (χ3v) is 5.63. The zero-order chi connectivity index (χ0) is 23.9. The maximum Gasteiger partial charge on any atom is 0.417 e. The van der Waals surface area contributed by atoms with Gasteiger partial charge in [-0.15, -0.1) is 0 Å². The number of nitrogens with zero attached hydrogens (tertiary/aromatic N) is 2. The molecule has 1 aliphatic heterocycles. The molecule has 2 N–H and O–H groups in total. The Hall–Kier alpha value is -4.13. The van der Waals surface area contributed by atoms with Gasteiger partial charge in [0.1, 0.15) is 5.60 Å². The first-order valence-electron chi connectivity index (χ1n) is 11.3. The molecule has 0 aliphatic carbocycles. The number of benzene rings is 2. The maximum atomic E-state index is 13.6. The monoisotopic (exact) mass is 454 g/mol. The van der Waals surface area contributed by atoms with Crippen LogP contribution in [0, 0.1) is 0 Å². The van der Waals surface area contributed by atoms with Crippen molar-refractivity contribution in [2.24, 2.45) is 0 Å². The van der Waals surface area contributed by atoms with Gasteiger partial charge in [0.15, 0.2) is 0 Å². The van der Waals surface area contributed by atoms with Crippen LogP contribution in [-0.2, 0) is 11.2 Å². The number of ether oxygens (including phenoxy) is 1. The Morgan fingerprint density at radius 3 is 2.53 bits per heavy atom. The van der Waals surface area contributed by atoms with Crippen LogP contribution in [0.4, 0.5) is 16.2 Å². The van der Waals surface area contributed by atoms with E-state index in [1.807, 2.05) is 66.7 Å². The summed E-state index contributed by atoms with van der Waals surface area (Å²) in [6.07, 6.45) is -0.141. The van der Waals surface area contributed by atoms with Crippen LogP contribution in [0.5, 0.6) is 0 Å². The molecule has 34 heavy (non-hydrogen) atoms. The van der Waals surface area contributed by atoms with Gasteiger partial charge in [0, 0.05) is 29.7 Å². The number of hydrogen-bond donors (Lipinski definition) is 2. The number of nitrogens with one attached hydrogen (secondary N) is 2. The smallest absolute Gasteiger partial charge is 0.417 e. The molecule has 0 fully saturated rings. The van der Waals surface area contributed by atoms with Gasteiger partial charge in [0.2, 0.25) is 0 Å². The maximum absolute atomic E-state index is 13.6. The zero-order valence-electron chi connectivity index (χ0n) is 19.4. The minimum absolute atomic E-state index is 0.247. The number of para-hydroxylation sites is 2. The summed E-state index contributed by atoms with van der Waals surface area (Å²) in [5.41, 5.74) is 4.22. The largest absolute Gasteiger partial charge is 0.443 e. The number of pyridine rings is 1. The van der Waals surface area contributed by atoms with E-state index in [1.54, 1.807) is 20.8 Å². The van der Waals surface area contributed by atoms with Crippen LogP contribution in [0.25, 0.3) is 22.3 Å². The first-order chi connectivity index (χ1) is 16.3. The molecule has 0 radical (unpaired) electrons. The van der Waals surface area contributed by atoms with Crippen molar-refractivity contribution in [1.29, 1.82) is 0 Å². The van der Waals surface area contributed by atoms with Crippen LogP contribution in [0.1, 0.15) is 36.8 Å². The molecule has 0 saturated carbocycles. The van der Waals surface area contributed by atoms with E-state index in [9.17, 15) is 9.59 Å². The molecule has 0 atom stereocenters. The molecule has 2 aromatic heterocycles. The van der Waals surface area contributed by atoms with Crippen LogP contribution < -0.4 is 5.32 Å². The van der Waals surface area contributed by atoms with Crippen LogP contribution in [-0.4, -0.2) is 39.0 Å². The van der Waals surface area contributed by atoms with Gasteiger partial charge in [-0.2, -0.15) is 0 Å². The summed E-state index contributed by atoms with van der Waals surface area (Å²) in [7, 11) is 0. The number of imide groups is 1. The normalized spacial score (nSPS) is 13.6. The summed E-state index contributed by atoms with van der Waals surface area (Å²) in [5, 5.41) is 4.43. The number of H-pyrrole nitrogens is 1. The van der Waals surface area contributed by atoms with Crippen LogP contribution in [0.2, 0.25) is 0 Å². The molecular formula is C27H26N4O3. The van der Waals surface area contributed by atoms with E-state index in [0.717, 1.165) is 22.3 Å². The highest BCUT2D eigenvalue weighted by atomic mass is 16.6. The molecule has 5 rings (SSSR count). The number of aromatic nitrogens is 2. The van der Waals surface area contributed by atoms with Crippen molar-refractivity contribution in [3.8, 4) is 11.4 Å². The van der Waals surface area contributed by atoms with Crippen molar-refractivity contribution in [2.45, 2.75) is 32.8 Å². The second-order valence-corrected chi connectivity index (χ2v) is 9.30. The Labute approximate surface area is 197 Å². The number of carbonyl (C=O) groups is 2. The molecule has 0 bridgehead atoms. The second kappa shape index (κ2) is 8.33. The summed E-state index contributed by atoms with van der Waals surface area (Å²) in [6, 6.07) is 21.5. The zero-order valence-corrected chi connectivity index (χ0v) is 19.4.